The fourth-order valence-electron chi connectivity index (χ4n) is 2.97. The molecule has 0 amide bonds. The van der Waals surface area contributed by atoms with Crippen molar-refractivity contribution in [2.75, 3.05) is 27.8 Å². The van der Waals surface area contributed by atoms with Crippen LogP contribution in [-0.4, -0.2) is 47.8 Å². The van der Waals surface area contributed by atoms with E-state index in [-0.39, 0.29) is 11.7 Å². The molecule has 158 valence electrons. The molecule has 0 bridgehead atoms. The normalized spacial score (nSPS) is 12.0. The van der Waals surface area contributed by atoms with Gasteiger partial charge < -0.3 is 13.9 Å². The van der Waals surface area contributed by atoms with Crippen LogP contribution in [0, 0.1) is 10.1 Å². The Morgan fingerprint density at radius 3 is 2.43 bits per heavy atom. The summed E-state index contributed by atoms with van der Waals surface area (Å²) >= 11 is 0. The highest BCUT2D eigenvalue weighted by molar-refractivity contribution is 5.55. The number of nitrogens with zero attached hydrogens (tertiary/aromatic N) is 4. The van der Waals surface area contributed by atoms with Crippen LogP contribution < -0.4 is 9.47 Å². The van der Waals surface area contributed by atoms with Crippen molar-refractivity contribution in [2.24, 2.45) is 0 Å². The number of nitro groups is 1. The maximum absolute atomic E-state index is 10.8. The van der Waals surface area contributed by atoms with Gasteiger partial charge in [0.05, 0.1) is 25.2 Å². The van der Waals surface area contributed by atoms with Gasteiger partial charge in [-0.25, -0.2) is 0 Å². The van der Waals surface area contributed by atoms with E-state index in [9.17, 15) is 10.1 Å². The molecule has 0 N–H and O–H groups in total. The molecule has 0 aliphatic rings. The molecule has 3 rings (SSSR count). The monoisotopic (exact) mass is 412 g/mol. The summed E-state index contributed by atoms with van der Waals surface area (Å²) in [4.78, 5) is 12.5. The van der Waals surface area contributed by atoms with Gasteiger partial charge in [-0.2, -0.15) is 0 Å². The number of ether oxygens (including phenoxy) is 2. The molecular weight excluding hydrogens is 388 g/mol. The molecule has 0 aliphatic heterocycles. The number of nitro benzene ring substituents is 1. The summed E-state index contributed by atoms with van der Waals surface area (Å²) in [5.74, 6) is 2.22. The first-order valence-corrected chi connectivity index (χ1v) is 9.42. The van der Waals surface area contributed by atoms with Gasteiger partial charge >= 0.3 is 0 Å². The first kappa shape index (κ1) is 21.3. The molecule has 0 fully saturated rings. The van der Waals surface area contributed by atoms with Crippen LogP contribution in [0.15, 0.2) is 46.9 Å². The molecular formula is C21H24N4O5. The zero-order valence-corrected chi connectivity index (χ0v) is 17.4. The number of benzene rings is 2. The SMILES string of the molecule is COc1ccc(CCN(C)C(C)c2nnc(-c3ccc([N+](=O)[O-])cc3)o2)cc1OC. The lowest BCUT2D eigenvalue weighted by Crippen LogP contribution is -2.25. The Balaban J connectivity index is 1.64. The average molecular weight is 412 g/mol. The third-order valence-corrected chi connectivity index (χ3v) is 4.99. The molecule has 1 unspecified atom stereocenters. The number of aromatic nitrogens is 2. The van der Waals surface area contributed by atoms with Crippen molar-refractivity contribution >= 4 is 5.69 Å². The van der Waals surface area contributed by atoms with Crippen LogP contribution in [0.5, 0.6) is 11.5 Å². The third-order valence-electron chi connectivity index (χ3n) is 4.99. The highest BCUT2D eigenvalue weighted by Gasteiger charge is 2.19. The molecule has 3 aromatic rings. The summed E-state index contributed by atoms with van der Waals surface area (Å²) < 4.78 is 16.4. The van der Waals surface area contributed by atoms with Gasteiger partial charge in [0.25, 0.3) is 5.69 Å². The van der Waals surface area contributed by atoms with E-state index in [4.69, 9.17) is 13.9 Å². The molecule has 9 heteroatoms. The van der Waals surface area contributed by atoms with E-state index in [0.717, 1.165) is 18.5 Å². The first-order valence-electron chi connectivity index (χ1n) is 9.42. The van der Waals surface area contributed by atoms with Crippen LogP contribution in [0.3, 0.4) is 0 Å². The molecule has 0 saturated heterocycles. The van der Waals surface area contributed by atoms with Gasteiger partial charge in [0.15, 0.2) is 11.5 Å². The van der Waals surface area contributed by atoms with Crippen molar-refractivity contribution in [3.63, 3.8) is 0 Å². The Morgan fingerprint density at radius 1 is 1.10 bits per heavy atom. The standard InChI is InChI=1S/C21H24N4O5/c1-14(24(2)12-11-15-5-10-18(28-3)19(13-15)29-4)20-22-23-21(30-20)16-6-8-17(9-7-16)25(26)27/h5-10,13-14H,11-12H2,1-4H3. The molecule has 30 heavy (non-hydrogen) atoms. The minimum absolute atomic E-state index is 0.0155. The van der Waals surface area contributed by atoms with Crippen molar-refractivity contribution in [3.05, 3.63) is 64.0 Å². The van der Waals surface area contributed by atoms with Crippen LogP contribution in [0.4, 0.5) is 5.69 Å². The lowest BCUT2D eigenvalue weighted by Gasteiger charge is -2.21. The van der Waals surface area contributed by atoms with Crippen LogP contribution in [0.2, 0.25) is 0 Å². The van der Waals surface area contributed by atoms with Gasteiger partial charge in [0, 0.05) is 24.2 Å². The van der Waals surface area contributed by atoms with Crippen LogP contribution >= 0.6 is 0 Å². The smallest absolute Gasteiger partial charge is 0.269 e. The minimum Gasteiger partial charge on any atom is -0.493 e. The van der Waals surface area contributed by atoms with E-state index in [1.807, 2.05) is 32.2 Å². The van der Waals surface area contributed by atoms with Crippen molar-refractivity contribution in [2.45, 2.75) is 19.4 Å². The highest BCUT2D eigenvalue weighted by atomic mass is 16.6. The van der Waals surface area contributed by atoms with Crippen molar-refractivity contribution in [1.29, 1.82) is 0 Å². The molecule has 0 radical (unpaired) electrons. The van der Waals surface area contributed by atoms with Gasteiger partial charge in [0.1, 0.15) is 0 Å². The zero-order valence-electron chi connectivity index (χ0n) is 17.4. The average Bonchev–Trinajstić information content (AvgIpc) is 3.27. The fraction of sp³-hybridized carbons (Fsp3) is 0.333. The Labute approximate surface area is 174 Å². The molecule has 1 heterocycles. The number of hydrogen-bond acceptors (Lipinski definition) is 8. The predicted molar refractivity (Wildman–Crippen MR) is 111 cm³/mol. The number of rotatable bonds is 9. The summed E-state index contributed by atoms with van der Waals surface area (Å²) in [7, 11) is 5.22. The summed E-state index contributed by atoms with van der Waals surface area (Å²) in [6.07, 6.45) is 0.810. The largest absolute Gasteiger partial charge is 0.493 e. The number of non-ortho nitro benzene ring substituents is 1. The second-order valence-electron chi connectivity index (χ2n) is 6.85. The predicted octanol–water partition coefficient (Wildman–Crippen LogP) is 3.90. The van der Waals surface area contributed by atoms with Crippen LogP contribution in [-0.2, 0) is 6.42 Å². The van der Waals surface area contributed by atoms with Gasteiger partial charge in [-0.1, -0.05) is 6.07 Å². The summed E-state index contributed by atoms with van der Waals surface area (Å²) in [6, 6.07) is 11.8. The number of likely N-dealkylation sites (N-methyl/N-ethyl adjacent to an activating group) is 1. The Morgan fingerprint density at radius 2 is 1.80 bits per heavy atom. The Bertz CT molecular complexity index is 1000. The maximum atomic E-state index is 10.8. The summed E-state index contributed by atoms with van der Waals surface area (Å²) in [5, 5.41) is 19.0. The Hall–Kier alpha value is -3.46. The second kappa shape index (κ2) is 9.36. The molecule has 0 spiro atoms. The summed E-state index contributed by atoms with van der Waals surface area (Å²) in [6.45, 7) is 2.76. The van der Waals surface area contributed by atoms with Gasteiger partial charge in [-0.05, 0) is 50.2 Å². The van der Waals surface area contributed by atoms with E-state index in [2.05, 4.69) is 15.1 Å². The lowest BCUT2D eigenvalue weighted by molar-refractivity contribution is -0.384. The van der Waals surface area contributed by atoms with E-state index in [1.165, 1.54) is 12.1 Å². The number of methoxy groups -OCH3 is 2. The lowest BCUT2D eigenvalue weighted by atomic mass is 10.1. The van der Waals surface area contributed by atoms with Gasteiger partial charge in [-0.15, -0.1) is 10.2 Å². The topological polar surface area (TPSA) is 104 Å². The maximum Gasteiger partial charge on any atom is 0.269 e. The van der Waals surface area contributed by atoms with E-state index < -0.39 is 4.92 Å². The van der Waals surface area contributed by atoms with Crippen molar-refractivity contribution < 1.29 is 18.8 Å². The molecule has 1 atom stereocenters. The molecule has 0 aliphatic carbocycles. The quantitative estimate of drug-likeness (QED) is 0.385. The third kappa shape index (κ3) is 4.74. The second-order valence-corrected chi connectivity index (χ2v) is 6.85. The van der Waals surface area contributed by atoms with E-state index >= 15 is 0 Å². The summed E-state index contributed by atoms with van der Waals surface area (Å²) in [5.41, 5.74) is 1.78. The van der Waals surface area contributed by atoms with Gasteiger partial charge in [-0.3, -0.25) is 15.0 Å². The molecule has 9 nitrogen and oxygen atoms in total. The zero-order chi connectivity index (χ0) is 21.7. The van der Waals surface area contributed by atoms with Gasteiger partial charge in [0.2, 0.25) is 11.8 Å². The molecule has 2 aromatic carbocycles. The molecule has 0 saturated carbocycles. The van der Waals surface area contributed by atoms with Crippen LogP contribution in [0.1, 0.15) is 24.4 Å². The van der Waals surface area contributed by atoms with Crippen LogP contribution in [0.25, 0.3) is 11.5 Å². The van der Waals surface area contributed by atoms with E-state index in [1.54, 1.807) is 26.4 Å². The first-order chi connectivity index (χ1) is 14.4. The van der Waals surface area contributed by atoms with Crippen molar-refractivity contribution in [1.82, 2.24) is 15.1 Å². The highest BCUT2D eigenvalue weighted by Crippen LogP contribution is 2.28. The van der Waals surface area contributed by atoms with E-state index in [0.29, 0.717) is 28.8 Å². The molecule has 1 aromatic heterocycles. The minimum atomic E-state index is -0.446. The Kier molecular flexibility index (Phi) is 6.63. The number of hydrogen-bond donors (Lipinski definition) is 0. The van der Waals surface area contributed by atoms with Crippen molar-refractivity contribution in [3.8, 4) is 23.0 Å². The fourth-order valence-corrected chi connectivity index (χ4v) is 2.97.